The second-order valence-electron chi connectivity index (χ2n) is 6.45. The van der Waals surface area contributed by atoms with Crippen LogP contribution in [0.15, 0.2) is 77.6 Å². The van der Waals surface area contributed by atoms with Crippen LogP contribution in [0.25, 0.3) is 22.4 Å². The van der Waals surface area contributed by atoms with Gasteiger partial charge in [0.25, 0.3) is 5.91 Å². The SMILES string of the molecule is O=C(NCc1ccnc(-c2ccsc2)c1)c1ccc(-c2ccc(Cl)c(Cl)c2)cc1. The first-order valence-electron chi connectivity index (χ1n) is 8.91. The normalized spacial score (nSPS) is 10.7. The highest BCUT2D eigenvalue weighted by Crippen LogP contribution is 2.28. The first kappa shape index (κ1) is 19.6. The molecule has 3 nitrogen and oxygen atoms in total. The zero-order valence-corrected chi connectivity index (χ0v) is 17.6. The van der Waals surface area contributed by atoms with Gasteiger partial charge in [-0.1, -0.05) is 41.4 Å². The lowest BCUT2D eigenvalue weighted by Gasteiger charge is -2.08. The maximum atomic E-state index is 12.5. The molecule has 4 aromatic rings. The molecular weight excluding hydrogens is 423 g/mol. The van der Waals surface area contributed by atoms with E-state index in [1.165, 1.54) is 0 Å². The monoisotopic (exact) mass is 438 g/mol. The minimum Gasteiger partial charge on any atom is -0.348 e. The third-order valence-electron chi connectivity index (χ3n) is 4.49. The molecule has 0 saturated carbocycles. The Bertz CT molecular complexity index is 1140. The lowest BCUT2D eigenvalue weighted by Crippen LogP contribution is -2.22. The fourth-order valence-electron chi connectivity index (χ4n) is 2.93. The fourth-order valence-corrected chi connectivity index (χ4v) is 3.87. The molecule has 2 aromatic carbocycles. The summed E-state index contributed by atoms with van der Waals surface area (Å²) < 4.78 is 0. The standard InChI is InChI=1S/C23H16Cl2N2OS/c24-20-6-5-18(12-21(20)25)16-1-3-17(4-2-16)23(28)27-13-15-7-9-26-22(11-15)19-8-10-29-14-19/h1-12,14H,13H2,(H,27,28). The van der Waals surface area contributed by atoms with E-state index in [0.29, 0.717) is 22.2 Å². The smallest absolute Gasteiger partial charge is 0.251 e. The summed E-state index contributed by atoms with van der Waals surface area (Å²) in [6.07, 6.45) is 1.76. The van der Waals surface area contributed by atoms with E-state index in [0.717, 1.165) is 27.9 Å². The number of pyridine rings is 1. The number of hydrogen-bond donors (Lipinski definition) is 1. The van der Waals surface area contributed by atoms with Gasteiger partial charge in [0.2, 0.25) is 0 Å². The van der Waals surface area contributed by atoms with Crippen molar-refractivity contribution in [2.24, 2.45) is 0 Å². The second-order valence-corrected chi connectivity index (χ2v) is 8.04. The van der Waals surface area contributed by atoms with E-state index in [-0.39, 0.29) is 5.91 Å². The van der Waals surface area contributed by atoms with Crippen LogP contribution in [0.4, 0.5) is 0 Å². The fraction of sp³-hybridized carbons (Fsp3) is 0.0435. The topological polar surface area (TPSA) is 42.0 Å². The number of halogens is 2. The average Bonchev–Trinajstić information content (AvgIpc) is 3.29. The third-order valence-corrected chi connectivity index (χ3v) is 5.92. The van der Waals surface area contributed by atoms with Gasteiger partial charge >= 0.3 is 0 Å². The second kappa shape index (κ2) is 8.78. The first-order chi connectivity index (χ1) is 14.1. The number of carbonyl (C=O) groups excluding carboxylic acids is 1. The van der Waals surface area contributed by atoms with Gasteiger partial charge in [0.15, 0.2) is 0 Å². The molecule has 0 unspecified atom stereocenters. The molecular formula is C23H16Cl2N2OS. The van der Waals surface area contributed by atoms with Gasteiger partial charge in [-0.05, 0) is 64.5 Å². The predicted octanol–water partition coefficient (Wildman–Crippen LogP) is 6.71. The third kappa shape index (κ3) is 4.67. The molecule has 29 heavy (non-hydrogen) atoms. The van der Waals surface area contributed by atoms with Crippen molar-refractivity contribution >= 4 is 40.4 Å². The summed E-state index contributed by atoms with van der Waals surface area (Å²) in [5, 5.41) is 8.06. The van der Waals surface area contributed by atoms with Gasteiger partial charge in [0.05, 0.1) is 15.7 Å². The van der Waals surface area contributed by atoms with Crippen LogP contribution in [-0.2, 0) is 6.54 Å². The largest absolute Gasteiger partial charge is 0.348 e. The van der Waals surface area contributed by atoms with Gasteiger partial charge in [-0.3, -0.25) is 9.78 Å². The van der Waals surface area contributed by atoms with Gasteiger partial charge in [0.1, 0.15) is 0 Å². The Hall–Kier alpha value is -2.66. The predicted molar refractivity (Wildman–Crippen MR) is 121 cm³/mol. The van der Waals surface area contributed by atoms with Crippen LogP contribution in [0.5, 0.6) is 0 Å². The van der Waals surface area contributed by atoms with Crippen molar-refractivity contribution in [3.05, 3.63) is 98.8 Å². The van der Waals surface area contributed by atoms with Crippen molar-refractivity contribution in [3.63, 3.8) is 0 Å². The number of rotatable bonds is 5. The van der Waals surface area contributed by atoms with Gasteiger partial charge in [-0.25, -0.2) is 0 Å². The maximum Gasteiger partial charge on any atom is 0.251 e. The van der Waals surface area contributed by atoms with E-state index in [4.69, 9.17) is 23.2 Å². The van der Waals surface area contributed by atoms with E-state index in [1.807, 2.05) is 47.8 Å². The molecule has 0 bridgehead atoms. The Morgan fingerprint density at radius 2 is 1.69 bits per heavy atom. The summed E-state index contributed by atoms with van der Waals surface area (Å²) in [7, 11) is 0. The van der Waals surface area contributed by atoms with Crippen molar-refractivity contribution in [1.82, 2.24) is 10.3 Å². The molecule has 0 fully saturated rings. The van der Waals surface area contributed by atoms with E-state index in [2.05, 4.69) is 15.7 Å². The molecule has 1 amide bonds. The average molecular weight is 439 g/mol. The lowest BCUT2D eigenvalue weighted by atomic mass is 10.0. The summed E-state index contributed by atoms with van der Waals surface area (Å²) in [6, 6.07) is 18.8. The van der Waals surface area contributed by atoms with Crippen LogP contribution in [0.2, 0.25) is 10.0 Å². The molecule has 4 rings (SSSR count). The summed E-state index contributed by atoms with van der Waals surface area (Å²) in [5.74, 6) is -0.125. The Morgan fingerprint density at radius 3 is 2.41 bits per heavy atom. The number of amides is 1. The number of nitrogens with one attached hydrogen (secondary N) is 1. The lowest BCUT2D eigenvalue weighted by molar-refractivity contribution is 0.0951. The van der Waals surface area contributed by atoms with E-state index in [9.17, 15) is 4.79 Å². The minimum absolute atomic E-state index is 0.125. The molecule has 0 aliphatic rings. The Morgan fingerprint density at radius 1 is 0.897 bits per heavy atom. The summed E-state index contributed by atoms with van der Waals surface area (Å²) in [6.45, 7) is 0.438. The van der Waals surface area contributed by atoms with Gasteiger partial charge in [-0.2, -0.15) is 11.3 Å². The number of benzene rings is 2. The Kier molecular flexibility index (Phi) is 5.95. The summed E-state index contributed by atoms with van der Waals surface area (Å²) in [5.41, 5.74) is 5.51. The van der Waals surface area contributed by atoms with Crippen LogP contribution in [-0.4, -0.2) is 10.9 Å². The van der Waals surface area contributed by atoms with E-state index >= 15 is 0 Å². The summed E-state index contributed by atoms with van der Waals surface area (Å²) in [4.78, 5) is 16.9. The Balaban J connectivity index is 1.42. The quantitative estimate of drug-likeness (QED) is 0.375. The van der Waals surface area contributed by atoms with Crippen molar-refractivity contribution in [3.8, 4) is 22.4 Å². The number of carbonyl (C=O) groups is 1. The first-order valence-corrected chi connectivity index (χ1v) is 10.6. The van der Waals surface area contributed by atoms with Crippen molar-refractivity contribution in [1.29, 1.82) is 0 Å². The minimum atomic E-state index is -0.125. The van der Waals surface area contributed by atoms with Crippen LogP contribution >= 0.6 is 34.5 Å². The highest BCUT2D eigenvalue weighted by molar-refractivity contribution is 7.08. The highest BCUT2D eigenvalue weighted by Gasteiger charge is 2.08. The van der Waals surface area contributed by atoms with Crippen LogP contribution in [0.1, 0.15) is 15.9 Å². The molecule has 0 atom stereocenters. The van der Waals surface area contributed by atoms with Crippen molar-refractivity contribution in [2.75, 3.05) is 0 Å². The van der Waals surface area contributed by atoms with Gasteiger partial charge in [0, 0.05) is 29.2 Å². The molecule has 0 saturated heterocycles. The summed E-state index contributed by atoms with van der Waals surface area (Å²) >= 11 is 13.7. The highest BCUT2D eigenvalue weighted by atomic mass is 35.5. The van der Waals surface area contributed by atoms with Crippen LogP contribution in [0.3, 0.4) is 0 Å². The molecule has 0 aliphatic carbocycles. The van der Waals surface area contributed by atoms with Gasteiger partial charge in [-0.15, -0.1) is 0 Å². The Labute approximate surface area is 183 Å². The van der Waals surface area contributed by atoms with Gasteiger partial charge < -0.3 is 5.32 Å². The van der Waals surface area contributed by atoms with Crippen LogP contribution in [0, 0.1) is 0 Å². The molecule has 144 valence electrons. The van der Waals surface area contributed by atoms with E-state index in [1.54, 1.807) is 35.7 Å². The molecule has 2 heterocycles. The van der Waals surface area contributed by atoms with Crippen molar-refractivity contribution in [2.45, 2.75) is 6.54 Å². The molecule has 6 heteroatoms. The zero-order valence-electron chi connectivity index (χ0n) is 15.2. The maximum absolute atomic E-state index is 12.5. The molecule has 1 N–H and O–H groups in total. The zero-order chi connectivity index (χ0) is 20.2. The molecule has 0 spiro atoms. The number of aromatic nitrogens is 1. The van der Waals surface area contributed by atoms with Crippen LogP contribution < -0.4 is 5.32 Å². The molecule has 0 radical (unpaired) electrons. The number of thiophene rings is 1. The molecule has 2 aromatic heterocycles. The van der Waals surface area contributed by atoms with E-state index < -0.39 is 0 Å². The number of nitrogens with zero attached hydrogens (tertiary/aromatic N) is 1. The molecule has 0 aliphatic heterocycles. The van der Waals surface area contributed by atoms with Crippen molar-refractivity contribution < 1.29 is 4.79 Å². The number of hydrogen-bond acceptors (Lipinski definition) is 3.